The Balaban J connectivity index is 1.24. The molecule has 10 heteroatoms. The number of rotatable bonds is 7. The molecule has 5 rings (SSSR count). The molecule has 194 valence electrons. The van der Waals surface area contributed by atoms with Crippen LogP contribution >= 0.6 is 11.6 Å². The highest BCUT2D eigenvalue weighted by Gasteiger charge is 2.25. The zero-order chi connectivity index (χ0) is 25.9. The maximum atomic E-state index is 12.9. The number of aromatic nitrogens is 4. The molecule has 0 spiro atoms. The third-order valence-electron chi connectivity index (χ3n) is 6.87. The molecule has 3 aromatic rings. The van der Waals surface area contributed by atoms with E-state index < -0.39 is 0 Å². The topological polar surface area (TPSA) is 93.5 Å². The van der Waals surface area contributed by atoms with Gasteiger partial charge in [0.1, 0.15) is 17.7 Å². The number of anilines is 2. The van der Waals surface area contributed by atoms with E-state index in [-0.39, 0.29) is 17.6 Å². The van der Waals surface area contributed by atoms with Gasteiger partial charge in [-0.1, -0.05) is 24.9 Å². The summed E-state index contributed by atoms with van der Waals surface area (Å²) in [7, 11) is 0. The normalized spacial score (nSPS) is 16.5. The van der Waals surface area contributed by atoms with Gasteiger partial charge in [-0.25, -0.2) is 15.0 Å². The van der Waals surface area contributed by atoms with Crippen molar-refractivity contribution in [1.82, 2.24) is 19.5 Å². The molecular formula is C27H31ClN6O3. The minimum Gasteiger partial charge on any atom is -0.488 e. The smallest absolute Gasteiger partial charge is 0.260 e. The van der Waals surface area contributed by atoms with Crippen molar-refractivity contribution in [3.05, 3.63) is 63.4 Å². The minimum absolute atomic E-state index is 0.0546. The lowest BCUT2D eigenvalue weighted by atomic mass is 10.1. The lowest BCUT2D eigenvalue weighted by Gasteiger charge is -2.32. The SMILES string of the molecule is CCCc1cnc(N2CCC(Oc3cc(=O)n(-c4ccc(N5CCCC5=O)c(C)n4)cc3Cl)CC2)nc1. The quantitative estimate of drug-likeness (QED) is 0.461. The van der Waals surface area contributed by atoms with Crippen molar-refractivity contribution in [2.45, 2.75) is 58.5 Å². The summed E-state index contributed by atoms with van der Waals surface area (Å²) in [4.78, 5) is 42.6. The first-order valence-corrected chi connectivity index (χ1v) is 13.2. The number of carbonyl (C=O) groups excluding carboxylic acids is 1. The molecule has 1 amide bonds. The second-order valence-corrected chi connectivity index (χ2v) is 9.97. The fourth-order valence-corrected chi connectivity index (χ4v) is 5.10. The summed E-state index contributed by atoms with van der Waals surface area (Å²) in [5.41, 5.74) is 2.33. The van der Waals surface area contributed by atoms with Crippen LogP contribution in [0.5, 0.6) is 5.75 Å². The largest absolute Gasteiger partial charge is 0.488 e. The number of piperidine rings is 1. The van der Waals surface area contributed by atoms with E-state index in [9.17, 15) is 9.59 Å². The summed E-state index contributed by atoms with van der Waals surface area (Å²) in [6.45, 7) is 6.20. The zero-order valence-corrected chi connectivity index (χ0v) is 21.9. The van der Waals surface area contributed by atoms with Crippen LogP contribution in [0.3, 0.4) is 0 Å². The Morgan fingerprint density at radius 2 is 1.86 bits per heavy atom. The fourth-order valence-electron chi connectivity index (χ4n) is 4.91. The first-order valence-electron chi connectivity index (χ1n) is 12.9. The lowest BCUT2D eigenvalue weighted by molar-refractivity contribution is -0.117. The Kier molecular flexibility index (Phi) is 7.41. The van der Waals surface area contributed by atoms with Crippen LogP contribution in [0.15, 0.2) is 41.6 Å². The van der Waals surface area contributed by atoms with Crippen LogP contribution < -0.4 is 20.1 Å². The summed E-state index contributed by atoms with van der Waals surface area (Å²) in [6, 6.07) is 4.98. The molecule has 0 aromatic carbocycles. The van der Waals surface area contributed by atoms with E-state index in [0.717, 1.165) is 62.4 Å². The maximum Gasteiger partial charge on any atom is 0.260 e. The van der Waals surface area contributed by atoms with Crippen molar-refractivity contribution in [1.29, 1.82) is 0 Å². The highest BCUT2D eigenvalue weighted by atomic mass is 35.5. The van der Waals surface area contributed by atoms with Gasteiger partial charge in [-0.15, -0.1) is 0 Å². The van der Waals surface area contributed by atoms with Crippen molar-refractivity contribution >= 4 is 29.1 Å². The summed E-state index contributed by atoms with van der Waals surface area (Å²) in [6.07, 6.45) is 10.3. The van der Waals surface area contributed by atoms with Crippen molar-refractivity contribution in [2.24, 2.45) is 0 Å². The molecule has 5 heterocycles. The molecule has 0 bridgehead atoms. The monoisotopic (exact) mass is 522 g/mol. The van der Waals surface area contributed by atoms with Gasteiger partial charge in [-0.2, -0.15) is 0 Å². The van der Waals surface area contributed by atoms with Crippen molar-refractivity contribution in [3.63, 3.8) is 0 Å². The van der Waals surface area contributed by atoms with Gasteiger partial charge in [0, 0.05) is 63.6 Å². The van der Waals surface area contributed by atoms with Gasteiger partial charge in [0.2, 0.25) is 11.9 Å². The third kappa shape index (κ3) is 5.46. The first kappa shape index (κ1) is 25.2. The molecule has 2 aliphatic rings. The third-order valence-corrected chi connectivity index (χ3v) is 7.16. The van der Waals surface area contributed by atoms with Crippen LogP contribution in [-0.4, -0.2) is 51.2 Å². The number of hydrogen-bond donors (Lipinski definition) is 0. The Hall–Kier alpha value is -3.46. The molecule has 0 atom stereocenters. The summed E-state index contributed by atoms with van der Waals surface area (Å²) >= 11 is 6.53. The summed E-state index contributed by atoms with van der Waals surface area (Å²) < 4.78 is 7.54. The van der Waals surface area contributed by atoms with E-state index in [1.807, 2.05) is 25.4 Å². The molecule has 3 aromatic heterocycles. The standard InChI is InChI=1S/C27H31ClN6O3/c1-3-5-19-15-29-27(30-16-19)32-12-9-20(10-13-32)37-23-14-26(36)34(17-21(23)28)24-8-7-22(18(2)31-24)33-11-4-6-25(33)35/h7-8,14-17,20H,3-6,9-13H2,1-2H3. The molecule has 9 nitrogen and oxygen atoms in total. The number of pyridine rings is 2. The molecule has 0 unspecified atom stereocenters. The number of nitrogens with zero attached hydrogens (tertiary/aromatic N) is 6. The number of carbonyl (C=O) groups is 1. The van der Waals surface area contributed by atoms with E-state index in [0.29, 0.717) is 35.2 Å². The number of halogens is 1. The van der Waals surface area contributed by atoms with Gasteiger partial charge in [0.25, 0.3) is 5.56 Å². The van der Waals surface area contributed by atoms with E-state index in [1.165, 1.54) is 10.6 Å². The Morgan fingerprint density at radius 1 is 1.11 bits per heavy atom. The van der Waals surface area contributed by atoms with Gasteiger partial charge >= 0.3 is 0 Å². The van der Waals surface area contributed by atoms with Gasteiger partial charge in [0.05, 0.1) is 16.4 Å². The average Bonchev–Trinajstić information content (AvgIpc) is 3.32. The Labute approximate surface area is 221 Å². The second-order valence-electron chi connectivity index (χ2n) is 9.56. The maximum absolute atomic E-state index is 12.9. The molecule has 2 saturated heterocycles. The van der Waals surface area contributed by atoms with E-state index in [1.54, 1.807) is 17.2 Å². The van der Waals surface area contributed by atoms with Crippen LogP contribution in [0.25, 0.3) is 5.82 Å². The number of hydrogen-bond acceptors (Lipinski definition) is 7. The van der Waals surface area contributed by atoms with Crippen LogP contribution in [0, 0.1) is 6.92 Å². The molecule has 0 radical (unpaired) electrons. The van der Waals surface area contributed by atoms with Gasteiger partial charge in [0.15, 0.2) is 0 Å². The molecular weight excluding hydrogens is 492 g/mol. The molecule has 0 aliphatic carbocycles. The van der Waals surface area contributed by atoms with Crippen LogP contribution in [0.4, 0.5) is 11.6 Å². The van der Waals surface area contributed by atoms with E-state index in [4.69, 9.17) is 16.3 Å². The predicted molar refractivity (Wildman–Crippen MR) is 143 cm³/mol. The molecule has 2 aliphatic heterocycles. The number of amides is 1. The lowest BCUT2D eigenvalue weighted by Crippen LogP contribution is -2.39. The first-order chi connectivity index (χ1) is 17.9. The Morgan fingerprint density at radius 3 is 2.51 bits per heavy atom. The number of ether oxygens (including phenoxy) is 1. The zero-order valence-electron chi connectivity index (χ0n) is 21.2. The predicted octanol–water partition coefficient (Wildman–Crippen LogP) is 4.11. The van der Waals surface area contributed by atoms with Crippen LogP contribution in [0.2, 0.25) is 5.02 Å². The van der Waals surface area contributed by atoms with Gasteiger partial charge in [-0.3, -0.25) is 14.2 Å². The van der Waals surface area contributed by atoms with E-state index >= 15 is 0 Å². The molecule has 0 saturated carbocycles. The number of aryl methyl sites for hydroxylation is 2. The highest BCUT2D eigenvalue weighted by molar-refractivity contribution is 6.31. The van der Waals surface area contributed by atoms with Crippen molar-refractivity contribution in [3.8, 4) is 11.6 Å². The highest BCUT2D eigenvalue weighted by Crippen LogP contribution is 2.28. The van der Waals surface area contributed by atoms with Crippen molar-refractivity contribution in [2.75, 3.05) is 29.4 Å². The van der Waals surface area contributed by atoms with Gasteiger partial charge in [-0.05, 0) is 37.5 Å². The minimum atomic E-state index is -0.283. The summed E-state index contributed by atoms with van der Waals surface area (Å²) in [5.74, 6) is 1.66. The molecule has 2 fully saturated rings. The second kappa shape index (κ2) is 10.9. The Bertz CT molecular complexity index is 1330. The van der Waals surface area contributed by atoms with Gasteiger partial charge < -0.3 is 14.5 Å². The van der Waals surface area contributed by atoms with Crippen LogP contribution in [-0.2, 0) is 11.2 Å². The van der Waals surface area contributed by atoms with E-state index in [2.05, 4.69) is 26.8 Å². The van der Waals surface area contributed by atoms with Crippen molar-refractivity contribution < 1.29 is 9.53 Å². The summed E-state index contributed by atoms with van der Waals surface area (Å²) in [5, 5.41) is 0.343. The molecule has 37 heavy (non-hydrogen) atoms. The average molecular weight is 523 g/mol. The molecule has 0 N–H and O–H groups in total. The fraction of sp³-hybridized carbons (Fsp3) is 0.444. The van der Waals surface area contributed by atoms with Crippen LogP contribution in [0.1, 0.15) is 50.3 Å².